The van der Waals surface area contributed by atoms with Crippen molar-refractivity contribution in [2.45, 2.75) is 13.0 Å². The van der Waals surface area contributed by atoms with Gasteiger partial charge in [-0.25, -0.2) is 0 Å². The van der Waals surface area contributed by atoms with Crippen LogP contribution in [0, 0.1) is 0 Å². The molecule has 0 saturated heterocycles. The minimum atomic E-state index is -0.0902. The summed E-state index contributed by atoms with van der Waals surface area (Å²) >= 11 is 1.68. The highest BCUT2D eigenvalue weighted by Gasteiger charge is 2.19. The van der Waals surface area contributed by atoms with Crippen molar-refractivity contribution >= 4 is 17.2 Å². The van der Waals surface area contributed by atoms with Gasteiger partial charge in [0.1, 0.15) is 5.76 Å². The molecular formula is C19H19NO3S. The molecule has 0 fully saturated rings. The standard InChI is InChI=1S/C19H19NO3S/c21-10-9-20(14-16-6-3-11-23-16)19(22)18-8-2-1-5-15(18)13-17-7-4-12-24-17/h1-8,11-12,21H,9-10,13-14H2. The van der Waals surface area contributed by atoms with Crippen LogP contribution in [-0.2, 0) is 13.0 Å². The molecule has 0 aliphatic heterocycles. The Bertz CT molecular complexity index is 766. The molecule has 2 aromatic heterocycles. The van der Waals surface area contributed by atoms with E-state index in [1.165, 1.54) is 4.88 Å². The maximum Gasteiger partial charge on any atom is 0.254 e. The van der Waals surface area contributed by atoms with Crippen molar-refractivity contribution in [3.05, 3.63) is 81.9 Å². The maximum atomic E-state index is 13.0. The predicted molar refractivity (Wildman–Crippen MR) is 94.1 cm³/mol. The van der Waals surface area contributed by atoms with Gasteiger partial charge in [-0.1, -0.05) is 24.3 Å². The van der Waals surface area contributed by atoms with E-state index in [0.29, 0.717) is 17.9 Å². The summed E-state index contributed by atoms with van der Waals surface area (Å²) in [6, 6.07) is 15.4. The largest absolute Gasteiger partial charge is 0.467 e. The zero-order valence-electron chi connectivity index (χ0n) is 13.2. The van der Waals surface area contributed by atoms with E-state index >= 15 is 0 Å². The van der Waals surface area contributed by atoms with Crippen molar-refractivity contribution in [1.29, 1.82) is 0 Å². The summed E-state index contributed by atoms with van der Waals surface area (Å²) in [5, 5.41) is 11.4. The molecule has 24 heavy (non-hydrogen) atoms. The second kappa shape index (κ2) is 7.95. The molecule has 0 spiro atoms. The Morgan fingerprint density at radius 2 is 2.00 bits per heavy atom. The number of furan rings is 1. The van der Waals surface area contributed by atoms with E-state index in [1.807, 2.05) is 41.8 Å². The Balaban J connectivity index is 1.84. The van der Waals surface area contributed by atoms with Gasteiger partial charge >= 0.3 is 0 Å². The van der Waals surface area contributed by atoms with Crippen molar-refractivity contribution in [3.8, 4) is 0 Å². The van der Waals surface area contributed by atoms with Crippen molar-refractivity contribution in [2.24, 2.45) is 0 Å². The van der Waals surface area contributed by atoms with Crippen molar-refractivity contribution < 1.29 is 14.3 Å². The molecular weight excluding hydrogens is 322 g/mol. The minimum Gasteiger partial charge on any atom is -0.467 e. The van der Waals surface area contributed by atoms with Gasteiger partial charge in [-0.2, -0.15) is 0 Å². The summed E-state index contributed by atoms with van der Waals surface area (Å²) in [4.78, 5) is 15.8. The van der Waals surface area contributed by atoms with Gasteiger partial charge in [0.25, 0.3) is 5.91 Å². The lowest BCUT2D eigenvalue weighted by atomic mass is 10.0. The molecule has 1 N–H and O–H groups in total. The number of benzene rings is 1. The molecule has 1 amide bonds. The number of aliphatic hydroxyl groups excluding tert-OH is 1. The van der Waals surface area contributed by atoms with Crippen LogP contribution in [0.5, 0.6) is 0 Å². The third kappa shape index (κ3) is 3.93. The molecule has 0 aliphatic rings. The van der Waals surface area contributed by atoms with Gasteiger partial charge in [0.15, 0.2) is 0 Å². The molecule has 124 valence electrons. The Labute approximate surface area is 145 Å². The molecule has 5 heteroatoms. The first-order valence-corrected chi connectivity index (χ1v) is 8.68. The average molecular weight is 341 g/mol. The van der Waals surface area contributed by atoms with Crippen LogP contribution in [0.3, 0.4) is 0 Å². The van der Waals surface area contributed by atoms with Crippen LogP contribution in [0.15, 0.2) is 64.6 Å². The SMILES string of the molecule is O=C(c1ccccc1Cc1cccs1)N(CCO)Cc1ccco1. The molecule has 3 aromatic rings. The van der Waals surface area contributed by atoms with Gasteiger partial charge in [0.2, 0.25) is 0 Å². The highest BCUT2D eigenvalue weighted by atomic mass is 32.1. The van der Waals surface area contributed by atoms with Crippen molar-refractivity contribution in [2.75, 3.05) is 13.2 Å². The number of carbonyl (C=O) groups is 1. The Hall–Kier alpha value is -2.37. The minimum absolute atomic E-state index is 0.0838. The van der Waals surface area contributed by atoms with Crippen molar-refractivity contribution in [3.63, 3.8) is 0 Å². The number of rotatable bonds is 7. The fourth-order valence-corrected chi connectivity index (χ4v) is 3.35. The van der Waals surface area contributed by atoms with Gasteiger partial charge in [-0.05, 0) is 35.2 Å². The average Bonchev–Trinajstić information content (AvgIpc) is 3.28. The van der Waals surface area contributed by atoms with Crippen LogP contribution in [0.1, 0.15) is 26.6 Å². The first kappa shape index (κ1) is 16.5. The van der Waals surface area contributed by atoms with Gasteiger partial charge in [-0.3, -0.25) is 4.79 Å². The molecule has 0 radical (unpaired) electrons. The van der Waals surface area contributed by atoms with Crippen LogP contribution in [0.2, 0.25) is 0 Å². The van der Waals surface area contributed by atoms with E-state index in [9.17, 15) is 9.90 Å². The normalized spacial score (nSPS) is 10.7. The summed E-state index contributed by atoms with van der Waals surface area (Å²) in [5.74, 6) is 0.611. The third-order valence-corrected chi connectivity index (χ3v) is 4.65. The number of aliphatic hydroxyl groups is 1. The molecule has 4 nitrogen and oxygen atoms in total. The first-order chi connectivity index (χ1) is 11.8. The highest BCUT2D eigenvalue weighted by molar-refractivity contribution is 7.09. The monoisotopic (exact) mass is 341 g/mol. The number of amides is 1. The lowest BCUT2D eigenvalue weighted by molar-refractivity contribution is 0.0694. The van der Waals surface area contributed by atoms with Gasteiger partial charge < -0.3 is 14.4 Å². The second-order valence-electron chi connectivity index (χ2n) is 5.44. The molecule has 0 aliphatic carbocycles. The molecule has 0 saturated carbocycles. The maximum absolute atomic E-state index is 13.0. The fourth-order valence-electron chi connectivity index (χ4n) is 2.62. The van der Waals surface area contributed by atoms with E-state index in [2.05, 4.69) is 6.07 Å². The van der Waals surface area contributed by atoms with E-state index in [4.69, 9.17) is 4.42 Å². The summed E-state index contributed by atoms with van der Waals surface area (Å²) in [5.41, 5.74) is 1.67. The highest BCUT2D eigenvalue weighted by Crippen LogP contribution is 2.20. The summed E-state index contributed by atoms with van der Waals surface area (Å²) in [6.45, 7) is 0.534. The molecule has 0 unspecified atom stereocenters. The topological polar surface area (TPSA) is 53.7 Å². The Morgan fingerprint density at radius 3 is 2.71 bits per heavy atom. The lowest BCUT2D eigenvalue weighted by Crippen LogP contribution is -2.33. The second-order valence-corrected chi connectivity index (χ2v) is 6.48. The van der Waals surface area contributed by atoms with Gasteiger partial charge in [0, 0.05) is 23.4 Å². The zero-order chi connectivity index (χ0) is 16.8. The van der Waals surface area contributed by atoms with Crippen molar-refractivity contribution in [1.82, 2.24) is 4.90 Å². The van der Waals surface area contributed by atoms with Gasteiger partial charge in [0.05, 0.1) is 19.4 Å². The van der Waals surface area contributed by atoms with E-state index in [-0.39, 0.29) is 19.1 Å². The summed E-state index contributed by atoms with van der Waals surface area (Å²) in [6.07, 6.45) is 2.31. The van der Waals surface area contributed by atoms with Gasteiger partial charge in [-0.15, -0.1) is 11.3 Å². The van der Waals surface area contributed by atoms with E-state index < -0.39 is 0 Å². The number of thiophene rings is 1. The summed E-state index contributed by atoms with van der Waals surface area (Å²) < 4.78 is 5.34. The zero-order valence-corrected chi connectivity index (χ0v) is 14.0. The van der Waals surface area contributed by atoms with Crippen LogP contribution < -0.4 is 0 Å². The molecule has 2 heterocycles. The lowest BCUT2D eigenvalue weighted by Gasteiger charge is -2.22. The molecule has 1 aromatic carbocycles. The molecule has 3 rings (SSSR count). The van der Waals surface area contributed by atoms with Crippen LogP contribution in [0.25, 0.3) is 0 Å². The Kier molecular flexibility index (Phi) is 5.46. The number of hydrogen-bond donors (Lipinski definition) is 1. The third-order valence-electron chi connectivity index (χ3n) is 3.78. The Morgan fingerprint density at radius 1 is 1.12 bits per heavy atom. The fraction of sp³-hybridized carbons (Fsp3) is 0.211. The molecule has 0 atom stereocenters. The predicted octanol–water partition coefficient (Wildman–Crippen LogP) is 3.57. The van der Waals surface area contributed by atoms with E-state index in [1.54, 1.807) is 28.6 Å². The van der Waals surface area contributed by atoms with Crippen LogP contribution >= 0.6 is 11.3 Å². The molecule has 0 bridgehead atoms. The van der Waals surface area contributed by atoms with Crippen LogP contribution in [-0.4, -0.2) is 29.1 Å². The number of nitrogens with zero attached hydrogens (tertiary/aromatic N) is 1. The summed E-state index contributed by atoms with van der Waals surface area (Å²) in [7, 11) is 0. The number of carbonyl (C=O) groups excluding carboxylic acids is 1. The smallest absolute Gasteiger partial charge is 0.254 e. The quantitative estimate of drug-likeness (QED) is 0.715. The van der Waals surface area contributed by atoms with E-state index in [0.717, 1.165) is 12.0 Å². The first-order valence-electron chi connectivity index (χ1n) is 7.80. The number of hydrogen-bond acceptors (Lipinski definition) is 4. The van der Waals surface area contributed by atoms with Crippen LogP contribution in [0.4, 0.5) is 0 Å².